The van der Waals surface area contributed by atoms with E-state index in [2.05, 4.69) is 10.2 Å². The average molecular weight is 499 g/mol. The fourth-order valence-corrected chi connectivity index (χ4v) is 5.25. The summed E-state index contributed by atoms with van der Waals surface area (Å²) in [5.74, 6) is 2.39. The monoisotopic (exact) mass is 498 g/mol. The van der Waals surface area contributed by atoms with Crippen molar-refractivity contribution in [1.82, 2.24) is 14.8 Å². The SMILES string of the molecule is CN1C(=O)Cc2cc(C(=O)CSc3nnc(-c4ccccc4)n3Cc3ccc4c(c3)OCO4)ccc21. The largest absolute Gasteiger partial charge is 0.454 e. The molecule has 0 atom stereocenters. The van der Waals surface area contributed by atoms with Gasteiger partial charge in [0.1, 0.15) is 0 Å². The maximum Gasteiger partial charge on any atom is 0.231 e. The fourth-order valence-electron chi connectivity index (χ4n) is 4.42. The number of nitrogens with zero attached hydrogens (tertiary/aromatic N) is 4. The number of benzene rings is 3. The van der Waals surface area contributed by atoms with Crippen LogP contribution in [0.15, 0.2) is 71.9 Å². The first-order valence-corrected chi connectivity index (χ1v) is 12.5. The number of carbonyl (C=O) groups is 2. The second kappa shape index (κ2) is 9.16. The van der Waals surface area contributed by atoms with Crippen molar-refractivity contribution in [1.29, 1.82) is 0 Å². The molecule has 0 unspecified atom stereocenters. The van der Waals surface area contributed by atoms with Gasteiger partial charge in [0.05, 0.1) is 18.7 Å². The van der Waals surface area contributed by atoms with Crippen molar-refractivity contribution in [2.75, 3.05) is 24.5 Å². The molecule has 8 nitrogen and oxygen atoms in total. The van der Waals surface area contributed by atoms with Crippen LogP contribution in [0.5, 0.6) is 11.5 Å². The molecule has 0 bridgehead atoms. The molecule has 180 valence electrons. The summed E-state index contributed by atoms with van der Waals surface area (Å²) in [5.41, 5.74) is 4.29. The van der Waals surface area contributed by atoms with E-state index >= 15 is 0 Å². The third kappa shape index (κ3) is 4.11. The molecule has 0 aliphatic carbocycles. The first-order chi connectivity index (χ1) is 17.6. The van der Waals surface area contributed by atoms with E-state index in [0.29, 0.717) is 29.4 Å². The molecular formula is C27H22N4O4S. The Morgan fingerprint density at radius 2 is 1.83 bits per heavy atom. The van der Waals surface area contributed by atoms with Crippen molar-refractivity contribution in [3.8, 4) is 22.9 Å². The summed E-state index contributed by atoms with van der Waals surface area (Å²) in [6, 6.07) is 21.1. The first kappa shape index (κ1) is 22.4. The molecule has 9 heteroatoms. The van der Waals surface area contributed by atoms with Crippen LogP contribution in [0.1, 0.15) is 21.5 Å². The number of carbonyl (C=O) groups excluding carboxylic acids is 2. The molecule has 2 aliphatic heterocycles. The van der Waals surface area contributed by atoms with Crippen molar-refractivity contribution in [2.45, 2.75) is 18.1 Å². The summed E-state index contributed by atoms with van der Waals surface area (Å²) in [7, 11) is 1.75. The highest BCUT2D eigenvalue weighted by atomic mass is 32.2. The van der Waals surface area contributed by atoms with Gasteiger partial charge in [0, 0.05) is 23.9 Å². The van der Waals surface area contributed by atoms with Gasteiger partial charge >= 0.3 is 0 Å². The van der Waals surface area contributed by atoms with Gasteiger partial charge in [-0.2, -0.15) is 0 Å². The van der Waals surface area contributed by atoms with Crippen LogP contribution in [0.25, 0.3) is 11.4 Å². The smallest absolute Gasteiger partial charge is 0.231 e. The van der Waals surface area contributed by atoms with Gasteiger partial charge in [0.15, 0.2) is 28.3 Å². The Morgan fingerprint density at radius 3 is 2.69 bits per heavy atom. The maximum absolute atomic E-state index is 13.0. The number of anilines is 1. The van der Waals surface area contributed by atoms with E-state index in [-0.39, 0.29) is 24.2 Å². The lowest BCUT2D eigenvalue weighted by Gasteiger charge is -2.12. The van der Waals surface area contributed by atoms with Gasteiger partial charge in [0.25, 0.3) is 0 Å². The number of ether oxygens (including phenoxy) is 2. The second-order valence-corrected chi connectivity index (χ2v) is 9.57. The van der Waals surface area contributed by atoms with Gasteiger partial charge in [-0.3, -0.25) is 14.2 Å². The Balaban J connectivity index is 1.26. The maximum atomic E-state index is 13.0. The highest BCUT2D eigenvalue weighted by Crippen LogP contribution is 2.34. The number of hydrogen-bond donors (Lipinski definition) is 0. The molecule has 0 saturated carbocycles. The zero-order chi connectivity index (χ0) is 24.6. The zero-order valence-corrected chi connectivity index (χ0v) is 20.3. The molecule has 0 fully saturated rings. The average Bonchev–Trinajstić information content (AvgIpc) is 3.60. The van der Waals surface area contributed by atoms with Crippen LogP contribution in [0.2, 0.25) is 0 Å². The number of fused-ring (bicyclic) bond motifs is 2. The molecule has 0 saturated heterocycles. The first-order valence-electron chi connectivity index (χ1n) is 11.5. The summed E-state index contributed by atoms with van der Waals surface area (Å²) < 4.78 is 13.0. The van der Waals surface area contributed by atoms with Crippen LogP contribution < -0.4 is 14.4 Å². The van der Waals surface area contributed by atoms with E-state index in [9.17, 15) is 9.59 Å². The van der Waals surface area contributed by atoms with Crippen molar-refractivity contribution >= 4 is 29.1 Å². The predicted molar refractivity (Wildman–Crippen MR) is 136 cm³/mol. The topological polar surface area (TPSA) is 86.6 Å². The van der Waals surface area contributed by atoms with E-state index in [1.165, 1.54) is 11.8 Å². The summed E-state index contributed by atoms with van der Waals surface area (Å²) in [6.07, 6.45) is 0.324. The van der Waals surface area contributed by atoms with Gasteiger partial charge in [-0.1, -0.05) is 48.2 Å². The minimum Gasteiger partial charge on any atom is -0.454 e. The molecule has 4 aromatic rings. The van der Waals surface area contributed by atoms with Crippen LogP contribution >= 0.6 is 11.8 Å². The Kier molecular flexibility index (Phi) is 5.69. The van der Waals surface area contributed by atoms with E-state index in [1.807, 2.05) is 65.2 Å². The molecule has 1 aromatic heterocycles. The van der Waals surface area contributed by atoms with Gasteiger partial charge < -0.3 is 14.4 Å². The van der Waals surface area contributed by atoms with Crippen molar-refractivity contribution in [2.24, 2.45) is 0 Å². The number of aromatic nitrogens is 3. The molecule has 6 rings (SSSR count). The summed E-state index contributed by atoms with van der Waals surface area (Å²) >= 11 is 1.35. The van der Waals surface area contributed by atoms with Gasteiger partial charge in [-0.25, -0.2) is 0 Å². The Bertz CT molecular complexity index is 1480. The number of Topliss-reactive ketones (excluding diaryl/α,β-unsaturated/α-hetero) is 1. The molecule has 3 aromatic carbocycles. The van der Waals surface area contributed by atoms with Crippen LogP contribution in [0.3, 0.4) is 0 Å². The van der Waals surface area contributed by atoms with Gasteiger partial charge in [0.2, 0.25) is 12.7 Å². The molecule has 2 aliphatic rings. The minimum absolute atomic E-state index is 0.0244. The fraction of sp³-hybridized carbons (Fsp3) is 0.185. The molecule has 36 heavy (non-hydrogen) atoms. The lowest BCUT2D eigenvalue weighted by molar-refractivity contribution is -0.117. The summed E-state index contributed by atoms with van der Waals surface area (Å²) in [5, 5.41) is 9.52. The van der Waals surface area contributed by atoms with E-state index < -0.39 is 0 Å². The van der Waals surface area contributed by atoms with Crippen molar-refractivity contribution in [3.63, 3.8) is 0 Å². The van der Waals surface area contributed by atoms with Gasteiger partial charge in [-0.05, 0) is 41.5 Å². The molecule has 0 spiro atoms. The van der Waals surface area contributed by atoms with E-state index in [4.69, 9.17) is 9.47 Å². The second-order valence-electron chi connectivity index (χ2n) is 8.63. The number of thioether (sulfide) groups is 1. The molecule has 0 radical (unpaired) electrons. The van der Waals surface area contributed by atoms with Crippen LogP contribution in [0, 0.1) is 0 Å². The zero-order valence-electron chi connectivity index (χ0n) is 19.5. The van der Waals surface area contributed by atoms with Crippen molar-refractivity contribution in [3.05, 3.63) is 83.4 Å². The summed E-state index contributed by atoms with van der Waals surface area (Å²) in [4.78, 5) is 26.7. The Morgan fingerprint density at radius 1 is 1.00 bits per heavy atom. The lowest BCUT2D eigenvalue weighted by atomic mass is 10.1. The number of amides is 1. The molecular weight excluding hydrogens is 476 g/mol. The Hall–Kier alpha value is -4.11. The molecule has 3 heterocycles. The normalized spacial score (nSPS) is 13.8. The van der Waals surface area contributed by atoms with E-state index in [1.54, 1.807) is 18.0 Å². The van der Waals surface area contributed by atoms with Crippen LogP contribution in [-0.2, 0) is 17.8 Å². The number of likely N-dealkylation sites (N-methyl/N-ethyl adjacent to an activating group) is 1. The molecule has 1 amide bonds. The predicted octanol–water partition coefficient (Wildman–Crippen LogP) is 4.22. The van der Waals surface area contributed by atoms with Gasteiger partial charge in [-0.15, -0.1) is 10.2 Å². The highest BCUT2D eigenvalue weighted by molar-refractivity contribution is 7.99. The minimum atomic E-state index is -0.0244. The Labute approximate surface area is 211 Å². The standard InChI is InChI=1S/C27H22N4O4S/c1-30-21-9-8-19(12-20(21)13-25(30)33)22(32)15-36-27-29-28-26(18-5-3-2-4-6-18)31(27)14-17-7-10-23-24(11-17)35-16-34-23/h2-12H,13-16H2,1H3. The van der Waals surface area contributed by atoms with Crippen molar-refractivity contribution < 1.29 is 19.1 Å². The third-order valence-electron chi connectivity index (χ3n) is 6.34. The number of rotatable bonds is 7. The quantitative estimate of drug-likeness (QED) is 0.279. The lowest BCUT2D eigenvalue weighted by Crippen LogP contribution is -2.20. The van der Waals surface area contributed by atoms with Crippen LogP contribution in [-0.4, -0.2) is 46.0 Å². The van der Waals surface area contributed by atoms with Crippen LogP contribution in [0.4, 0.5) is 5.69 Å². The number of hydrogen-bond acceptors (Lipinski definition) is 7. The number of ketones is 1. The third-order valence-corrected chi connectivity index (χ3v) is 7.30. The highest BCUT2D eigenvalue weighted by Gasteiger charge is 2.25. The molecule has 0 N–H and O–H groups in total. The van der Waals surface area contributed by atoms with E-state index in [0.717, 1.165) is 34.0 Å². The summed E-state index contributed by atoms with van der Waals surface area (Å²) in [6.45, 7) is 0.731.